The number of thioether (sulfide) groups is 1. The average molecular weight is 448 g/mol. The van der Waals surface area contributed by atoms with Gasteiger partial charge in [-0.3, -0.25) is 9.59 Å². The molecule has 0 aliphatic carbocycles. The van der Waals surface area contributed by atoms with Crippen LogP contribution in [0.1, 0.15) is 109 Å². The molecule has 0 bridgehead atoms. The third-order valence-electron chi connectivity index (χ3n) is 4.86. The molecular weight excluding hydrogens is 402 g/mol. The van der Waals surface area contributed by atoms with Gasteiger partial charge in [0.1, 0.15) is 6.29 Å². The van der Waals surface area contributed by atoms with Crippen LogP contribution in [-0.4, -0.2) is 46.5 Å². The van der Waals surface area contributed by atoms with Gasteiger partial charge in [-0.2, -0.15) is 11.8 Å². The first-order valence-electron chi connectivity index (χ1n) is 11.6. The van der Waals surface area contributed by atoms with Crippen LogP contribution in [0, 0.1) is 0 Å². The van der Waals surface area contributed by atoms with Crippen LogP contribution in [-0.2, 0) is 14.4 Å². The van der Waals surface area contributed by atoms with Crippen LogP contribution in [0.5, 0.6) is 0 Å². The van der Waals surface area contributed by atoms with Crippen LogP contribution in [0.2, 0.25) is 0 Å². The number of rotatable bonds is 21. The second kappa shape index (κ2) is 26.0. The number of aliphatic carboxylic acids is 2. The highest BCUT2D eigenvalue weighted by atomic mass is 32.2. The summed E-state index contributed by atoms with van der Waals surface area (Å²) in [6.45, 7) is 0. The van der Waals surface area contributed by atoms with Crippen molar-refractivity contribution >= 4 is 30.0 Å². The Morgan fingerprint density at radius 3 is 1.43 bits per heavy atom. The fourth-order valence-electron chi connectivity index (χ4n) is 3.00. The molecule has 0 saturated carbocycles. The predicted octanol–water partition coefficient (Wildman–Crippen LogP) is 5.66. The molecule has 0 aliphatic heterocycles. The molecule has 0 heterocycles. The Morgan fingerprint density at radius 1 is 0.733 bits per heavy atom. The van der Waals surface area contributed by atoms with Crippen LogP contribution in [0.4, 0.5) is 0 Å². The van der Waals surface area contributed by atoms with Crippen LogP contribution in [0.15, 0.2) is 0 Å². The summed E-state index contributed by atoms with van der Waals surface area (Å²) in [6, 6.07) is -0.624. The van der Waals surface area contributed by atoms with E-state index in [9.17, 15) is 14.4 Å². The first kappa shape index (κ1) is 31.1. The lowest BCUT2D eigenvalue weighted by molar-refractivity contribution is -0.138. The summed E-state index contributed by atoms with van der Waals surface area (Å²) in [5, 5.41) is 16.6. The molecule has 0 amide bonds. The van der Waals surface area contributed by atoms with Gasteiger partial charge in [0.15, 0.2) is 0 Å². The second-order valence-electron chi connectivity index (χ2n) is 7.82. The lowest BCUT2D eigenvalue weighted by atomic mass is 10.0. The third-order valence-corrected chi connectivity index (χ3v) is 5.55. The van der Waals surface area contributed by atoms with Crippen LogP contribution in [0.25, 0.3) is 0 Å². The molecule has 0 radical (unpaired) electrons. The molecular formula is C23H45NO5S. The molecule has 6 nitrogen and oxygen atoms in total. The summed E-state index contributed by atoms with van der Waals surface area (Å²) in [7, 11) is 0. The Labute approximate surface area is 187 Å². The van der Waals surface area contributed by atoms with Crippen LogP contribution >= 0.6 is 11.8 Å². The summed E-state index contributed by atoms with van der Waals surface area (Å²) >= 11 is 1.96. The monoisotopic (exact) mass is 447 g/mol. The zero-order valence-corrected chi connectivity index (χ0v) is 19.8. The molecule has 1 unspecified atom stereocenters. The summed E-state index contributed by atoms with van der Waals surface area (Å²) in [5.74, 6) is -0.248. The molecule has 30 heavy (non-hydrogen) atoms. The highest BCUT2D eigenvalue weighted by molar-refractivity contribution is 7.98. The smallest absolute Gasteiger partial charge is 0.303 e. The van der Waals surface area contributed by atoms with Crippen molar-refractivity contribution in [1.29, 1.82) is 0 Å². The molecule has 0 saturated heterocycles. The summed E-state index contributed by atoms with van der Waals surface area (Å²) < 4.78 is 0. The number of carbonyl (C=O) groups excluding carboxylic acids is 1. The minimum absolute atomic E-state index is 0.0418. The molecule has 0 aromatic heterocycles. The van der Waals surface area contributed by atoms with E-state index in [1.807, 2.05) is 11.8 Å². The van der Waals surface area contributed by atoms with E-state index in [1.165, 1.54) is 82.8 Å². The number of unbranched alkanes of at least 4 members (excludes halogenated alkanes) is 13. The summed E-state index contributed by atoms with van der Waals surface area (Å²) in [6.07, 6.45) is 21.7. The standard InChI is InChI=1S/C18H36O2S.C5H9NO3/c1-21-17-15-13-11-9-7-5-3-2-4-6-8-10-12-14-16-18(19)20;6-4(3-7)1-2-5(8)9/h2-17H2,1H3,(H,19,20);3-4H,1-2,6H2,(H,8,9). The van der Waals surface area contributed by atoms with Gasteiger partial charge >= 0.3 is 11.9 Å². The fraction of sp³-hybridized carbons (Fsp3) is 0.870. The molecule has 0 aromatic carbocycles. The van der Waals surface area contributed by atoms with Crippen molar-refractivity contribution in [2.24, 2.45) is 5.73 Å². The predicted molar refractivity (Wildman–Crippen MR) is 126 cm³/mol. The van der Waals surface area contributed by atoms with Gasteiger partial charge in [0.05, 0.1) is 6.04 Å². The largest absolute Gasteiger partial charge is 0.481 e. The maximum atomic E-state index is 10.3. The van der Waals surface area contributed by atoms with Gasteiger partial charge in [0.2, 0.25) is 0 Å². The Bertz CT molecular complexity index is 407. The van der Waals surface area contributed by atoms with Crippen molar-refractivity contribution in [3.63, 3.8) is 0 Å². The maximum Gasteiger partial charge on any atom is 0.303 e. The third kappa shape index (κ3) is 31.6. The zero-order chi connectivity index (χ0) is 22.9. The quantitative estimate of drug-likeness (QED) is 0.153. The van der Waals surface area contributed by atoms with E-state index in [0.717, 1.165) is 12.8 Å². The average Bonchev–Trinajstić information content (AvgIpc) is 2.71. The first-order valence-corrected chi connectivity index (χ1v) is 13.0. The highest BCUT2D eigenvalue weighted by Crippen LogP contribution is 2.13. The highest BCUT2D eigenvalue weighted by Gasteiger charge is 2.02. The molecule has 0 spiro atoms. The molecule has 0 fully saturated rings. The molecule has 7 heteroatoms. The number of carboxylic acids is 2. The Kier molecular flexibility index (Phi) is 26.9. The van der Waals surface area contributed by atoms with Crippen LogP contribution < -0.4 is 5.73 Å². The van der Waals surface area contributed by atoms with Gasteiger partial charge in [-0.1, -0.05) is 77.0 Å². The fourth-order valence-corrected chi connectivity index (χ4v) is 3.49. The van der Waals surface area contributed by atoms with Gasteiger partial charge in [0, 0.05) is 12.8 Å². The molecule has 1 atom stereocenters. The minimum Gasteiger partial charge on any atom is -0.481 e. The van der Waals surface area contributed by atoms with E-state index in [1.54, 1.807) is 0 Å². The van der Waals surface area contributed by atoms with E-state index in [2.05, 4.69) is 6.26 Å². The number of carbonyl (C=O) groups is 3. The normalized spacial score (nSPS) is 11.4. The van der Waals surface area contributed by atoms with Gasteiger partial charge in [-0.05, 0) is 31.3 Å². The number of hydrogen-bond donors (Lipinski definition) is 3. The maximum absolute atomic E-state index is 10.3. The molecule has 4 N–H and O–H groups in total. The van der Waals surface area contributed by atoms with Gasteiger partial charge in [-0.15, -0.1) is 0 Å². The lowest BCUT2D eigenvalue weighted by Crippen LogP contribution is -2.22. The van der Waals surface area contributed by atoms with E-state index in [4.69, 9.17) is 15.9 Å². The zero-order valence-electron chi connectivity index (χ0n) is 19.0. The number of nitrogens with two attached hydrogens (primary N) is 1. The van der Waals surface area contributed by atoms with E-state index in [0.29, 0.717) is 12.7 Å². The Morgan fingerprint density at radius 2 is 1.10 bits per heavy atom. The van der Waals surface area contributed by atoms with Crippen molar-refractivity contribution in [1.82, 2.24) is 0 Å². The minimum atomic E-state index is -0.924. The van der Waals surface area contributed by atoms with Gasteiger partial charge < -0.3 is 20.7 Å². The first-order chi connectivity index (χ1) is 14.4. The second-order valence-corrected chi connectivity index (χ2v) is 8.80. The van der Waals surface area contributed by atoms with Crippen molar-refractivity contribution in [2.75, 3.05) is 12.0 Å². The van der Waals surface area contributed by atoms with Crippen molar-refractivity contribution < 1.29 is 24.6 Å². The molecule has 0 rings (SSSR count). The molecule has 178 valence electrons. The molecule has 0 aromatic rings. The van der Waals surface area contributed by atoms with E-state index in [-0.39, 0.29) is 12.8 Å². The van der Waals surface area contributed by atoms with Crippen molar-refractivity contribution in [3.8, 4) is 0 Å². The number of carboxylic acid groups (broad SMARTS) is 2. The number of hydrogen-bond acceptors (Lipinski definition) is 5. The van der Waals surface area contributed by atoms with Crippen molar-refractivity contribution in [3.05, 3.63) is 0 Å². The van der Waals surface area contributed by atoms with Gasteiger partial charge in [0.25, 0.3) is 0 Å². The molecule has 0 aliphatic rings. The summed E-state index contributed by atoms with van der Waals surface area (Å²) in [5.41, 5.74) is 5.09. The SMILES string of the molecule is CSCCCCCCCCCCCCCCCCC(=O)O.NC(C=O)CCC(=O)O. The topological polar surface area (TPSA) is 118 Å². The van der Waals surface area contributed by atoms with Crippen LogP contribution in [0.3, 0.4) is 0 Å². The Balaban J connectivity index is 0. The number of aldehydes is 1. The van der Waals surface area contributed by atoms with Crippen molar-refractivity contribution in [2.45, 2.75) is 115 Å². The van der Waals surface area contributed by atoms with Gasteiger partial charge in [-0.25, -0.2) is 0 Å². The van der Waals surface area contributed by atoms with E-state index >= 15 is 0 Å². The summed E-state index contributed by atoms with van der Waals surface area (Å²) in [4.78, 5) is 30.0. The lowest BCUT2D eigenvalue weighted by Gasteiger charge is -2.03. The Hall–Kier alpha value is -1.08. The van der Waals surface area contributed by atoms with E-state index < -0.39 is 18.0 Å².